The zero-order valence-electron chi connectivity index (χ0n) is 10.1. The quantitative estimate of drug-likeness (QED) is 0.818. The van der Waals surface area contributed by atoms with Gasteiger partial charge in [0.1, 0.15) is 6.23 Å². The topological polar surface area (TPSA) is 90.4 Å². The Kier molecular flexibility index (Phi) is 3.36. The fourth-order valence-electron chi connectivity index (χ4n) is 2.14. The van der Waals surface area contributed by atoms with Gasteiger partial charge in [0, 0.05) is 0 Å². The number of nitrogens with zero attached hydrogens (tertiary/aromatic N) is 2. The number of nitrogen functional groups attached to an aromatic ring is 1. The Hall–Kier alpha value is -1.47. The molecule has 2 rings (SSSR count). The van der Waals surface area contributed by atoms with E-state index in [0.717, 1.165) is 10.8 Å². The first-order valence-corrected chi connectivity index (χ1v) is 5.84. The molecule has 2 atom stereocenters. The molecule has 0 spiro atoms. The van der Waals surface area contributed by atoms with Crippen molar-refractivity contribution in [3.63, 3.8) is 0 Å². The molecule has 2 unspecified atom stereocenters. The number of ether oxygens (including phenoxy) is 1. The number of aliphatic hydroxyl groups is 1. The Morgan fingerprint density at radius 3 is 3.06 bits per heavy atom. The lowest BCUT2D eigenvalue weighted by molar-refractivity contribution is -0.101. The summed E-state index contributed by atoms with van der Waals surface area (Å²) in [6, 6.07) is 0. The second-order valence-electron chi connectivity index (χ2n) is 4.47. The van der Waals surface area contributed by atoms with Crippen molar-refractivity contribution in [1.29, 1.82) is 0 Å². The van der Waals surface area contributed by atoms with E-state index in [1.165, 1.54) is 0 Å². The molecule has 6 nitrogen and oxygen atoms in total. The normalized spacial score (nSPS) is 27.6. The van der Waals surface area contributed by atoms with E-state index in [9.17, 15) is 14.3 Å². The van der Waals surface area contributed by atoms with Gasteiger partial charge in [-0.3, -0.25) is 4.57 Å². The van der Waals surface area contributed by atoms with Gasteiger partial charge >= 0.3 is 5.69 Å². The summed E-state index contributed by atoms with van der Waals surface area (Å²) in [7, 11) is 0. The van der Waals surface area contributed by atoms with Gasteiger partial charge in [-0.2, -0.15) is 4.98 Å². The average molecular weight is 257 g/mol. The van der Waals surface area contributed by atoms with Crippen LogP contribution in [-0.4, -0.2) is 26.9 Å². The van der Waals surface area contributed by atoms with Gasteiger partial charge in [-0.1, -0.05) is 6.92 Å². The molecule has 1 fully saturated rings. The van der Waals surface area contributed by atoms with E-state index in [2.05, 4.69) is 4.98 Å². The fraction of sp³-hybridized carbons (Fsp3) is 0.636. The smallest absolute Gasteiger partial charge is 0.351 e. The molecule has 1 aromatic heterocycles. The number of hydrogen-bond donors (Lipinski definition) is 2. The zero-order chi connectivity index (χ0) is 13.3. The third kappa shape index (κ3) is 2.11. The van der Waals surface area contributed by atoms with Crippen LogP contribution in [0.1, 0.15) is 32.4 Å². The molecule has 18 heavy (non-hydrogen) atoms. The third-order valence-corrected chi connectivity index (χ3v) is 3.41. The molecule has 1 saturated heterocycles. The zero-order valence-corrected chi connectivity index (χ0v) is 10.1. The van der Waals surface area contributed by atoms with Crippen molar-refractivity contribution in [2.45, 2.75) is 38.0 Å². The number of aromatic nitrogens is 2. The SMILES string of the molecule is CCC1(CO)CCC(n2cc(F)c(N)nc2=O)O1. The lowest BCUT2D eigenvalue weighted by atomic mass is 9.98. The molecule has 3 N–H and O–H groups in total. The number of nitrogens with two attached hydrogens (primary N) is 1. The Labute approximate surface area is 103 Å². The van der Waals surface area contributed by atoms with Crippen LogP contribution in [0, 0.1) is 5.82 Å². The predicted molar refractivity (Wildman–Crippen MR) is 62.3 cm³/mol. The second kappa shape index (κ2) is 4.66. The Bertz CT molecular complexity index is 499. The van der Waals surface area contributed by atoms with Crippen molar-refractivity contribution >= 4 is 5.82 Å². The minimum Gasteiger partial charge on any atom is -0.393 e. The van der Waals surface area contributed by atoms with Crippen LogP contribution in [0.3, 0.4) is 0 Å². The highest BCUT2D eigenvalue weighted by molar-refractivity contribution is 5.26. The van der Waals surface area contributed by atoms with Crippen LogP contribution in [0.15, 0.2) is 11.0 Å². The van der Waals surface area contributed by atoms with E-state index in [1.807, 2.05) is 6.92 Å². The summed E-state index contributed by atoms with van der Waals surface area (Å²) in [5, 5.41) is 9.33. The second-order valence-corrected chi connectivity index (χ2v) is 4.47. The molecular formula is C11H16FN3O3. The lowest BCUT2D eigenvalue weighted by Gasteiger charge is -2.25. The van der Waals surface area contributed by atoms with Crippen LogP contribution in [0.25, 0.3) is 0 Å². The van der Waals surface area contributed by atoms with Crippen LogP contribution in [0.2, 0.25) is 0 Å². The van der Waals surface area contributed by atoms with Crippen molar-refractivity contribution < 1.29 is 14.2 Å². The summed E-state index contributed by atoms with van der Waals surface area (Å²) in [4.78, 5) is 15.0. The van der Waals surface area contributed by atoms with E-state index in [4.69, 9.17) is 10.5 Å². The molecule has 0 radical (unpaired) electrons. The lowest BCUT2D eigenvalue weighted by Crippen LogP contribution is -2.34. The first kappa shape index (κ1) is 13.0. The monoisotopic (exact) mass is 257 g/mol. The molecular weight excluding hydrogens is 241 g/mol. The molecule has 0 aliphatic carbocycles. The third-order valence-electron chi connectivity index (χ3n) is 3.41. The van der Waals surface area contributed by atoms with Crippen LogP contribution >= 0.6 is 0 Å². The summed E-state index contributed by atoms with van der Waals surface area (Å²) < 4.78 is 20.1. The van der Waals surface area contributed by atoms with E-state index in [-0.39, 0.29) is 6.61 Å². The summed E-state index contributed by atoms with van der Waals surface area (Å²) in [6.45, 7) is 1.77. The number of hydrogen-bond acceptors (Lipinski definition) is 5. The van der Waals surface area contributed by atoms with Gasteiger partial charge in [0.25, 0.3) is 0 Å². The predicted octanol–water partition coefficient (Wildman–Crippen LogP) is 0.415. The Morgan fingerprint density at radius 2 is 2.50 bits per heavy atom. The molecule has 7 heteroatoms. The molecule has 0 bridgehead atoms. The van der Waals surface area contributed by atoms with Gasteiger partial charge < -0.3 is 15.6 Å². The molecule has 1 aliphatic rings. The largest absolute Gasteiger partial charge is 0.393 e. The number of rotatable bonds is 3. The summed E-state index contributed by atoms with van der Waals surface area (Å²) >= 11 is 0. The van der Waals surface area contributed by atoms with Gasteiger partial charge in [-0.25, -0.2) is 9.18 Å². The van der Waals surface area contributed by atoms with E-state index < -0.39 is 29.2 Å². The minimum absolute atomic E-state index is 0.125. The van der Waals surface area contributed by atoms with Crippen molar-refractivity contribution in [1.82, 2.24) is 9.55 Å². The molecule has 0 saturated carbocycles. The highest BCUT2D eigenvalue weighted by Crippen LogP contribution is 2.37. The van der Waals surface area contributed by atoms with E-state index in [0.29, 0.717) is 19.3 Å². The van der Waals surface area contributed by atoms with Gasteiger partial charge in [0.05, 0.1) is 18.4 Å². The molecule has 1 aromatic rings. The molecule has 0 amide bonds. The summed E-state index contributed by atoms with van der Waals surface area (Å²) in [5.74, 6) is -1.17. The van der Waals surface area contributed by atoms with E-state index in [1.54, 1.807) is 0 Å². The van der Waals surface area contributed by atoms with Crippen molar-refractivity contribution in [2.75, 3.05) is 12.3 Å². The maximum absolute atomic E-state index is 13.3. The van der Waals surface area contributed by atoms with Crippen LogP contribution in [-0.2, 0) is 4.74 Å². The van der Waals surface area contributed by atoms with Crippen molar-refractivity contribution in [3.8, 4) is 0 Å². The molecule has 100 valence electrons. The van der Waals surface area contributed by atoms with Gasteiger partial charge in [0.2, 0.25) is 0 Å². The summed E-state index contributed by atoms with van der Waals surface area (Å²) in [5.41, 5.74) is 3.91. The average Bonchev–Trinajstić information content (AvgIpc) is 2.79. The Morgan fingerprint density at radius 1 is 1.78 bits per heavy atom. The van der Waals surface area contributed by atoms with Crippen molar-refractivity contribution in [3.05, 3.63) is 22.5 Å². The Balaban J connectivity index is 2.30. The van der Waals surface area contributed by atoms with Gasteiger partial charge in [-0.05, 0) is 19.3 Å². The van der Waals surface area contributed by atoms with Gasteiger partial charge in [-0.15, -0.1) is 0 Å². The highest BCUT2D eigenvalue weighted by atomic mass is 19.1. The van der Waals surface area contributed by atoms with Crippen LogP contribution in [0.4, 0.5) is 10.2 Å². The van der Waals surface area contributed by atoms with Gasteiger partial charge in [0.15, 0.2) is 11.6 Å². The number of aliphatic hydroxyl groups excluding tert-OH is 1. The minimum atomic E-state index is -0.754. The van der Waals surface area contributed by atoms with Crippen molar-refractivity contribution in [2.24, 2.45) is 0 Å². The number of halogens is 1. The van der Waals surface area contributed by atoms with E-state index >= 15 is 0 Å². The molecule has 0 aromatic carbocycles. The summed E-state index contributed by atoms with van der Waals surface area (Å²) in [6.07, 6.45) is 2.16. The maximum atomic E-state index is 13.3. The van der Waals surface area contributed by atoms with Crippen LogP contribution in [0.5, 0.6) is 0 Å². The maximum Gasteiger partial charge on any atom is 0.351 e. The number of anilines is 1. The fourth-order valence-corrected chi connectivity index (χ4v) is 2.14. The van der Waals surface area contributed by atoms with Crippen LogP contribution < -0.4 is 11.4 Å². The highest BCUT2D eigenvalue weighted by Gasteiger charge is 2.39. The first-order chi connectivity index (χ1) is 8.51. The first-order valence-electron chi connectivity index (χ1n) is 5.84. The molecule has 2 heterocycles. The molecule has 1 aliphatic heterocycles. The standard InChI is InChI=1S/C11H16FN3O3/c1-2-11(6-16)4-3-8(18-11)15-5-7(12)9(13)14-10(15)17/h5,8,16H,2-4,6H2,1H3,(H2,13,14,17).